The predicted molar refractivity (Wildman–Crippen MR) is 77.2 cm³/mol. The van der Waals surface area contributed by atoms with Crippen LogP contribution >= 0.6 is 0 Å². The molecule has 0 unspecified atom stereocenters. The second-order valence-electron chi connectivity index (χ2n) is 5.31. The summed E-state index contributed by atoms with van der Waals surface area (Å²) in [5.74, 6) is -2.21. The van der Waals surface area contributed by atoms with Gasteiger partial charge in [0.1, 0.15) is 0 Å². The van der Waals surface area contributed by atoms with E-state index in [4.69, 9.17) is 4.55 Å². The molecule has 0 aromatic rings. The molecule has 0 bridgehead atoms. The van der Waals surface area contributed by atoms with Crippen LogP contribution in [0.25, 0.3) is 0 Å². The highest BCUT2D eigenvalue weighted by molar-refractivity contribution is 7.87. The average molecular weight is 362 g/mol. The van der Waals surface area contributed by atoms with Gasteiger partial charge < -0.3 is 9.84 Å². The van der Waals surface area contributed by atoms with Gasteiger partial charge in [-0.3, -0.25) is 8.74 Å². The number of carbonyl (C=O) groups excluding carboxylic acids is 1. The van der Waals surface area contributed by atoms with E-state index < -0.39 is 55.8 Å². The van der Waals surface area contributed by atoms with E-state index in [1.165, 1.54) is 13.8 Å². The standard InChI is InChI=1S/C11H22O9S2/c1-4-19-10(13)9(12)11(2,3)8-20-22(17,18)7-5-6-21(14,15)16/h9,12H,4-8H2,1-3H3,(H,14,15,16)/t9-/m1/s1. The van der Waals surface area contributed by atoms with Gasteiger partial charge in [0.15, 0.2) is 6.10 Å². The van der Waals surface area contributed by atoms with Gasteiger partial charge in [0.25, 0.3) is 20.2 Å². The lowest BCUT2D eigenvalue weighted by atomic mass is 9.88. The molecular weight excluding hydrogens is 340 g/mol. The maximum Gasteiger partial charge on any atom is 0.335 e. The second-order valence-corrected chi connectivity index (χ2v) is 8.64. The molecule has 22 heavy (non-hydrogen) atoms. The maximum atomic E-state index is 11.6. The molecule has 9 nitrogen and oxygen atoms in total. The van der Waals surface area contributed by atoms with E-state index in [-0.39, 0.29) is 13.0 Å². The molecule has 0 amide bonds. The third kappa shape index (κ3) is 8.63. The first-order valence-corrected chi connectivity index (χ1v) is 9.66. The molecule has 132 valence electrons. The highest BCUT2D eigenvalue weighted by Crippen LogP contribution is 2.23. The van der Waals surface area contributed by atoms with Gasteiger partial charge in [-0.15, -0.1) is 0 Å². The van der Waals surface area contributed by atoms with E-state index >= 15 is 0 Å². The van der Waals surface area contributed by atoms with Crippen molar-refractivity contribution in [2.75, 3.05) is 24.7 Å². The van der Waals surface area contributed by atoms with Crippen LogP contribution < -0.4 is 0 Å². The Hall–Kier alpha value is -0.750. The van der Waals surface area contributed by atoms with Crippen LogP contribution in [0, 0.1) is 5.41 Å². The molecule has 0 heterocycles. The van der Waals surface area contributed by atoms with E-state index in [9.17, 15) is 26.7 Å². The summed E-state index contributed by atoms with van der Waals surface area (Å²) in [4.78, 5) is 11.4. The third-order valence-electron chi connectivity index (χ3n) is 2.66. The van der Waals surface area contributed by atoms with Gasteiger partial charge in [0, 0.05) is 5.41 Å². The Morgan fingerprint density at radius 1 is 1.18 bits per heavy atom. The van der Waals surface area contributed by atoms with Crippen molar-refractivity contribution >= 4 is 26.2 Å². The molecule has 0 radical (unpaired) electrons. The number of ether oxygens (including phenoxy) is 1. The van der Waals surface area contributed by atoms with E-state index in [2.05, 4.69) is 8.92 Å². The van der Waals surface area contributed by atoms with Crippen molar-refractivity contribution in [2.24, 2.45) is 5.41 Å². The van der Waals surface area contributed by atoms with Crippen molar-refractivity contribution in [3.63, 3.8) is 0 Å². The van der Waals surface area contributed by atoms with Crippen LogP contribution in [0.1, 0.15) is 27.2 Å². The molecule has 0 fully saturated rings. The normalized spacial score (nSPS) is 14.6. The third-order valence-corrected chi connectivity index (χ3v) is 4.73. The molecule has 0 saturated heterocycles. The van der Waals surface area contributed by atoms with Gasteiger partial charge in [0.05, 0.1) is 24.7 Å². The zero-order chi connectivity index (χ0) is 17.6. The molecule has 2 N–H and O–H groups in total. The van der Waals surface area contributed by atoms with E-state index in [0.29, 0.717) is 0 Å². The minimum absolute atomic E-state index is 0.0702. The van der Waals surface area contributed by atoms with Gasteiger partial charge in [-0.1, -0.05) is 13.8 Å². The SMILES string of the molecule is CCOC(=O)[C@@H](O)C(C)(C)COS(=O)(=O)CCCS(=O)(=O)O. The number of rotatable bonds is 10. The fraction of sp³-hybridized carbons (Fsp3) is 0.909. The Morgan fingerprint density at radius 2 is 1.73 bits per heavy atom. The number of hydrogen-bond acceptors (Lipinski definition) is 8. The summed E-state index contributed by atoms with van der Waals surface area (Å²) in [6.45, 7) is 3.99. The fourth-order valence-corrected chi connectivity index (χ4v) is 3.13. The molecule has 0 rings (SSSR count). The zero-order valence-corrected chi connectivity index (χ0v) is 14.3. The van der Waals surface area contributed by atoms with E-state index in [1.807, 2.05) is 0 Å². The molecule has 0 aromatic carbocycles. The van der Waals surface area contributed by atoms with Crippen LogP contribution in [0.4, 0.5) is 0 Å². The highest BCUT2D eigenvalue weighted by Gasteiger charge is 2.36. The van der Waals surface area contributed by atoms with Crippen molar-refractivity contribution in [3.8, 4) is 0 Å². The van der Waals surface area contributed by atoms with Crippen LogP contribution in [0.3, 0.4) is 0 Å². The number of carbonyl (C=O) groups is 1. The van der Waals surface area contributed by atoms with Gasteiger partial charge in [-0.2, -0.15) is 16.8 Å². The average Bonchev–Trinajstić information content (AvgIpc) is 2.34. The van der Waals surface area contributed by atoms with Crippen molar-refractivity contribution < 1.29 is 40.2 Å². The first-order valence-electron chi connectivity index (χ1n) is 6.48. The molecule has 0 aliphatic carbocycles. The number of aliphatic hydroxyl groups excluding tert-OH is 1. The largest absolute Gasteiger partial charge is 0.464 e. The van der Waals surface area contributed by atoms with Crippen LogP contribution in [-0.2, 0) is 34.0 Å². The first-order chi connectivity index (χ1) is 9.81. The van der Waals surface area contributed by atoms with Gasteiger partial charge in [-0.05, 0) is 13.3 Å². The number of aliphatic hydroxyl groups is 1. The Labute approximate surface area is 130 Å². The lowest BCUT2D eigenvalue weighted by Gasteiger charge is -2.28. The van der Waals surface area contributed by atoms with E-state index in [0.717, 1.165) is 0 Å². The lowest BCUT2D eigenvalue weighted by molar-refractivity contribution is -0.160. The summed E-state index contributed by atoms with van der Waals surface area (Å²) >= 11 is 0. The lowest BCUT2D eigenvalue weighted by Crippen LogP contribution is -2.41. The fourth-order valence-electron chi connectivity index (χ4n) is 1.34. The Kier molecular flexibility index (Phi) is 7.92. The maximum absolute atomic E-state index is 11.6. The van der Waals surface area contributed by atoms with Crippen molar-refractivity contribution in [2.45, 2.75) is 33.3 Å². The summed E-state index contributed by atoms with van der Waals surface area (Å²) < 4.78 is 62.0. The molecule has 0 aliphatic rings. The van der Waals surface area contributed by atoms with Gasteiger partial charge in [0.2, 0.25) is 0 Å². The molecule has 1 atom stereocenters. The van der Waals surface area contributed by atoms with Crippen LogP contribution in [0.5, 0.6) is 0 Å². The van der Waals surface area contributed by atoms with Crippen LogP contribution in [0.2, 0.25) is 0 Å². The zero-order valence-electron chi connectivity index (χ0n) is 12.7. The second kappa shape index (κ2) is 8.20. The van der Waals surface area contributed by atoms with Crippen LogP contribution in [-0.4, -0.2) is 63.3 Å². The number of hydrogen-bond donors (Lipinski definition) is 2. The van der Waals surface area contributed by atoms with Gasteiger partial charge in [-0.25, -0.2) is 4.79 Å². The predicted octanol–water partition coefficient (Wildman–Crippen LogP) is -0.439. The minimum Gasteiger partial charge on any atom is -0.464 e. The Morgan fingerprint density at radius 3 is 2.18 bits per heavy atom. The number of esters is 1. The molecule has 0 aliphatic heterocycles. The summed E-state index contributed by atoms with van der Waals surface area (Å²) in [7, 11) is -8.29. The van der Waals surface area contributed by atoms with Gasteiger partial charge >= 0.3 is 5.97 Å². The summed E-state index contributed by atoms with van der Waals surface area (Å²) in [6, 6.07) is 0. The Balaban J connectivity index is 4.53. The topological polar surface area (TPSA) is 144 Å². The van der Waals surface area contributed by atoms with Crippen molar-refractivity contribution in [3.05, 3.63) is 0 Å². The summed E-state index contributed by atoms with van der Waals surface area (Å²) in [5.41, 5.74) is -1.22. The monoisotopic (exact) mass is 362 g/mol. The molecular formula is C11H22O9S2. The highest BCUT2D eigenvalue weighted by atomic mass is 32.2. The molecule has 0 aromatic heterocycles. The quantitative estimate of drug-likeness (QED) is 0.300. The molecule has 0 spiro atoms. The smallest absolute Gasteiger partial charge is 0.335 e. The van der Waals surface area contributed by atoms with Crippen molar-refractivity contribution in [1.29, 1.82) is 0 Å². The summed E-state index contributed by atoms with van der Waals surface area (Å²) in [6.07, 6.45) is -1.90. The molecule has 11 heteroatoms. The Bertz CT molecular complexity index is 562. The van der Waals surface area contributed by atoms with Crippen molar-refractivity contribution in [1.82, 2.24) is 0 Å². The summed E-state index contributed by atoms with van der Waals surface area (Å²) in [5, 5.41) is 9.79. The van der Waals surface area contributed by atoms with Crippen LogP contribution in [0.15, 0.2) is 0 Å². The van der Waals surface area contributed by atoms with E-state index in [1.54, 1.807) is 6.92 Å². The first kappa shape index (κ1) is 21.2. The molecule has 0 saturated carbocycles. The minimum atomic E-state index is -4.24.